The number of rotatable bonds is 10. The highest BCUT2D eigenvalue weighted by Crippen LogP contribution is 2.21. The van der Waals surface area contributed by atoms with Crippen molar-refractivity contribution in [3.8, 4) is 0 Å². The lowest BCUT2D eigenvalue weighted by Crippen LogP contribution is -2.43. The van der Waals surface area contributed by atoms with Gasteiger partial charge in [0.1, 0.15) is 5.82 Å². The fourth-order valence-corrected chi connectivity index (χ4v) is 4.88. The predicted molar refractivity (Wildman–Crippen MR) is 128 cm³/mol. The molecule has 0 bridgehead atoms. The summed E-state index contributed by atoms with van der Waals surface area (Å²) < 4.78 is 41.8. The summed E-state index contributed by atoms with van der Waals surface area (Å²) >= 11 is 5.89. The van der Waals surface area contributed by atoms with E-state index in [1.165, 1.54) is 42.5 Å². The average Bonchev–Trinajstić information content (AvgIpc) is 2.79. The largest absolute Gasteiger partial charge is 0.352 e. The standard InChI is InChI=1S/C25H26ClFN2O3S/c1-19(11-12-20-7-3-2-4-8-20)28-25(30)18-29(17-21-9-5-6-10-24(21)27)33(31,32)23-15-13-22(26)14-16-23/h2-10,13-16,19H,11-12,17-18H2,1H3,(H,28,30)/t19-/m1/s1. The number of amides is 1. The van der Waals surface area contributed by atoms with Crippen molar-refractivity contribution < 1.29 is 17.6 Å². The minimum Gasteiger partial charge on any atom is -0.352 e. The second kappa shape index (κ2) is 11.4. The van der Waals surface area contributed by atoms with E-state index < -0.39 is 28.3 Å². The Morgan fingerprint density at radius 1 is 1.00 bits per heavy atom. The zero-order chi connectivity index (χ0) is 23.8. The number of halogens is 2. The molecule has 0 saturated heterocycles. The quantitative estimate of drug-likeness (QED) is 0.445. The minimum absolute atomic E-state index is 0.0202. The monoisotopic (exact) mass is 488 g/mol. The molecule has 0 heterocycles. The van der Waals surface area contributed by atoms with E-state index in [9.17, 15) is 17.6 Å². The van der Waals surface area contributed by atoms with Gasteiger partial charge in [-0.15, -0.1) is 0 Å². The number of sulfonamides is 1. The summed E-state index contributed by atoms with van der Waals surface area (Å²) in [7, 11) is -4.07. The molecule has 1 N–H and O–H groups in total. The number of carbonyl (C=O) groups is 1. The molecule has 0 spiro atoms. The van der Waals surface area contributed by atoms with Crippen molar-refractivity contribution in [1.29, 1.82) is 0 Å². The van der Waals surface area contributed by atoms with Gasteiger partial charge in [-0.3, -0.25) is 4.79 Å². The highest BCUT2D eigenvalue weighted by atomic mass is 35.5. The zero-order valence-electron chi connectivity index (χ0n) is 18.2. The lowest BCUT2D eigenvalue weighted by molar-refractivity contribution is -0.122. The van der Waals surface area contributed by atoms with Crippen LogP contribution in [0.15, 0.2) is 83.8 Å². The molecule has 1 atom stereocenters. The fraction of sp³-hybridized carbons (Fsp3) is 0.240. The molecule has 0 aromatic heterocycles. The van der Waals surface area contributed by atoms with Gasteiger partial charge in [0.25, 0.3) is 0 Å². The molecule has 3 rings (SSSR count). The van der Waals surface area contributed by atoms with E-state index in [-0.39, 0.29) is 23.0 Å². The maximum atomic E-state index is 14.3. The summed E-state index contributed by atoms with van der Waals surface area (Å²) in [4.78, 5) is 12.7. The van der Waals surface area contributed by atoms with E-state index in [1.54, 1.807) is 6.07 Å². The summed E-state index contributed by atoms with van der Waals surface area (Å²) in [5, 5.41) is 3.24. The van der Waals surface area contributed by atoms with E-state index in [4.69, 9.17) is 11.6 Å². The Morgan fingerprint density at radius 2 is 1.64 bits per heavy atom. The number of nitrogens with one attached hydrogen (secondary N) is 1. The number of hydrogen-bond donors (Lipinski definition) is 1. The highest BCUT2D eigenvalue weighted by Gasteiger charge is 2.28. The molecule has 3 aromatic rings. The fourth-order valence-electron chi connectivity index (χ4n) is 3.38. The van der Waals surface area contributed by atoms with Crippen LogP contribution >= 0.6 is 11.6 Å². The molecule has 0 radical (unpaired) electrons. The van der Waals surface area contributed by atoms with Crippen LogP contribution in [0.2, 0.25) is 5.02 Å². The summed E-state index contributed by atoms with van der Waals surface area (Å²) in [5.74, 6) is -0.991. The first kappa shape index (κ1) is 24.9. The Balaban J connectivity index is 1.73. The van der Waals surface area contributed by atoms with Crippen molar-refractivity contribution in [3.63, 3.8) is 0 Å². The molecule has 0 saturated carbocycles. The normalized spacial score (nSPS) is 12.5. The zero-order valence-corrected chi connectivity index (χ0v) is 19.8. The summed E-state index contributed by atoms with van der Waals surface area (Å²) in [6.45, 7) is 1.16. The predicted octanol–water partition coefficient (Wildman–Crippen LogP) is 4.81. The molecule has 174 valence electrons. The van der Waals surface area contributed by atoms with Gasteiger partial charge < -0.3 is 5.32 Å². The van der Waals surface area contributed by atoms with Crippen LogP contribution in [-0.4, -0.2) is 31.2 Å². The third kappa shape index (κ3) is 7.12. The van der Waals surface area contributed by atoms with E-state index in [2.05, 4.69) is 5.32 Å². The van der Waals surface area contributed by atoms with Crippen LogP contribution in [0.5, 0.6) is 0 Å². The number of benzene rings is 3. The first-order valence-electron chi connectivity index (χ1n) is 10.6. The Morgan fingerprint density at radius 3 is 2.30 bits per heavy atom. The van der Waals surface area contributed by atoms with E-state index >= 15 is 0 Å². The highest BCUT2D eigenvalue weighted by molar-refractivity contribution is 7.89. The van der Waals surface area contributed by atoms with Crippen LogP contribution < -0.4 is 5.32 Å². The molecule has 0 aliphatic rings. The van der Waals surface area contributed by atoms with Crippen LogP contribution in [0.4, 0.5) is 4.39 Å². The van der Waals surface area contributed by atoms with Gasteiger partial charge in [-0.1, -0.05) is 60.1 Å². The van der Waals surface area contributed by atoms with Crippen LogP contribution in [0, 0.1) is 5.82 Å². The van der Waals surface area contributed by atoms with Gasteiger partial charge in [0, 0.05) is 23.2 Å². The average molecular weight is 489 g/mol. The van der Waals surface area contributed by atoms with Crippen LogP contribution in [0.25, 0.3) is 0 Å². The maximum Gasteiger partial charge on any atom is 0.243 e. The molecular formula is C25H26ClFN2O3S. The number of hydrogen-bond acceptors (Lipinski definition) is 3. The van der Waals surface area contributed by atoms with Gasteiger partial charge in [0.05, 0.1) is 11.4 Å². The molecular weight excluding hydrogens is 463 g/mol. The Hall–Kier alpha value is -2.74. The molecule has 1 amide bonds. The second-order valence-corrected chi connectivity index (χ2v) is 10.2. The SMILES string of the molecule is C[C@H](CCc1ccccc1)NC(=O)CN(Cc1ccccc1F)S(=O)(=O)c1ccc(Cl)cc1. The number of nitrogens with zero attached hydrogens (tertiary/aromatic N) is 1. The van der Waals surface area contributed by atoms with Gasteiger partial charge in [-0.25, -0.2) is 12.8 Å². The molecule has 0 unspecified atom stereocenters. The molecule has 5 nitrogen and oxygen atoms in total. The van der Waals surface area contributed by atoms with E-state index in [0.29, 0.717) is 11.4 Å². The third-order valence-corrected chi connectivity index (χ3v) is 7.25. The van der Waals surface area contributed by atoms with Crippen LogP contribution in [0.1, 0.15) is 24.5 Å². The molecule has 0 aliphatic carbocycles. The van der Waals surface area contributed by atoms with Gasteiger partial charge >= 0.3 is 0 Å². The Bertz CT molecular complexity index is 1170. The summed E-state index contributed by atoms with van der Waals surface area (Å²) in [6.07, 6.45) is 1.48. The summed E-state index contributed by atoms with van der Waals surface area (Å²) in [5.41, 5.74) is 1.34. The van der Waals surface area contributed by atoms with Gasteiger partial charge in [0.2, 0.25) is 15.9 Å². The van der Waals surface area contributed by atoms with Crippen molar-refractivity contribution in [2.24, 2.45) is 0 Å². The maximum absolute atomic E-state index is 14.3. The smallest absolute Gasteiger partial charge is 0.243 e. The van der Waals surface area contributed by atoms with Gasteiger partial charge in [0.15, 0.2) is 0 Å². The molecule has 8 heteroatoms. The van der Waals surface area contributed by atoms with E-state index in [0.717, 1.165) is 16.3 Å². The number of carbonyl (C=O) groups excluding carboxylic acids is 1. The lowest BCUT2D eigenvalue weighted by atomic mass is 10.1. The minimum atomic E-state index is -4.07. The lowest BCUT2D eigenvalue weighted by Gasteiger charge is -2.23. The van der Waals surface area contributed by atoms with Crippen molar-refractivity contribution in [2.45, 2.75) is 37.2 Å². The van der Waals surface area contributed by atoms with Crippen LogP contribution in [-0.2, 0) is 27.8 Å². The van der Waals surface area contributed by atoms with Crippen molar-refractivity contribution in [1.82, 2.24) is 9.62 Å². The molecule has 3 aromatic carbocycles. The Labute approximate surface area is 199 Å². The summed E-state index contributed by atoms with van der Waals surface area (Å²) in [6, 6.07) is 21.3. The van der Waals surface area contributed by atoms with Gasteiger partial charge in [-0.2, -0.15) is 4.31 Å². The van der Waals surface area contributed by atoms with E-state index in [1.807, 2.05) is 37.3 Å². The molecule has 33 heavy (non-hydrogen) atoms. The topological polar surface area (TPSA) is 66.5 Å². The van der Waals surface area contributed by atoms with Crippen molar-refractivity contribution in [3.05, 3.63) is 101 Å². The third-order valence-electron chi connectivity index (χ3n) is 5.19. The van der Waals surface area contributed by atoms with Crippen LogP contribution in [0.3, 0.4) is 0 Å². The first-order chi connectivity index (χ1) is 15.8. The second-order valence-electron chi connectivity index (χ2n) is 7.81. The molecule has 0 aliphatic heterocycles. The first-order valence-corrected chi connectivity index (χ1v) is 12.4. The number of aryl methyl sites for hydroxylation is 1. The van der Waals surface area contributed by atoms with Crippen molar-refractivity contribution in [2.75, 3.05) is 6.54 Å². The van der Waals surface area contributed by atoms with Crippen molar-refractivity contribution >= 4 is 27.5 Å². The Kier molecular flexibility index (Phi) is 8.61. The van der Waals surface area contributed by atoms with Gasteiger partial charge in [-0.05, 0) is 55.7 Å². The molecule has 0 fully saturated rings.